The number of rotatable bonds is 4. The quantitative estimate of drug-likeness (QED) is 0.940. The lowest BCUT2D eigenvalue weighted by molar-refractivity contribution is -0.116. The van der Waals surface area contributed by atoms with Gasteiger partial charge in [-0.05, 0) is 48.2 Å². The van der Waals surface area contributed by atoms with E-state index in [-0.39, 0.29) is 11.8 Å². The monoisotopic (exact) mass is 312 g/mol. The van der Waals surface area contributed by atoms with Crippen LogP contribution in [0.15, 0.2) is 41.0 Å². The maximum Gasteiger partial charge on any atom is 0.293 e. The topological polar surface area (TPSA) is 62.6 Å². The Balaban J connectivity index is 1.75. The molecule has 1 aromatic heterocycles. The minimum absolute atomic E-state index is 0.0152. The summed E-state index contributed by atoms with van der Waals surface area (Å²) in [5.74, 6) is 0.546. The molecule has 120 valence electrons. The van der Waals surface area contributed by atoms with Crippen LogP contribution in [0.1, 0.15) is 36.4 Å². The molecule has 0 saturated carbocycles. The van der Waals surface area contributed by atoms with Crippen LogP contribution < -0.4 is 10.2 Å². The first-order valence-electron chi connectivity index (χ1n) is 7.82. The van der Waals surface area contributed by atoms with E-state index in [2.05, 4.69) is 5.32 Å². The van der Waals surface area contributed by atoms with Gasteiger partial charge in [-0.1, -0.05) is 13.8 Å². The fraction of sp³-hybridized carbons (Fsp3) is 0.333. The van der Waals surface area contributed by atoms with Gasteiger partial charge in [0.05, 0.1) is 6.26 Å². The van der Waals surface area contributed by atoms with Gasteiger partial charge >= 0.3 is 0 Å². The summed E-state index contributed by atoms with van der Waals surface area (Å²) in [6.07, 6.45) is 2.77. The maximum absolute atomic E-state index is 12.4. The minimum atomic E-state index is -0.134. The van der Waals surface area contributed by atoms with Crippen LogP contribution >= 0.6 is 0 Å². The first-order chi connectivity index (χ1) is 11.0. The largest absolute Gasteiger partial charge is 0.459 e. The molecule has 1 aliphatic rings. The van der Waals surface area contributed by atoms with Crippen LogP contribution in [0.4, 0.5) is 11.4 Å². The van der Waals surface area contributed by atoms with E-state index in [0.717, 1.165) is 23.4 Å². The van der Waals surface area contributed by atoms with E-state index >= 15 is 0 Å². The lowest BCUT2D eigenvalue weighted by Crippen LogP contribution is -2.28. The molecule has 1 N–H and O–H groups in total. The van der Waals surface area contributed by atoms with Crippen molar-refractivity contribution in [2.45, 2.75) is 26.7 Å². The molecule has 2 amide bonds. The van der Waals surface area contributed by atoms with Gasteiger partial charge in [-0.2, -0.15) is 0 Å². The van der Waals surface area contributed by atoms with E-state index < -0.39 is 0 Å². The van der Waals surface area contributed by atoms with Crippen molar-refractivity contribution >= 4 is 23.2 Å². The number of carbonyl (C=O) groups excluding carboxylic acids is 2. The molecule has 2 aromatic rings. The number of nitrogens with zero attached hydrogens (tertiary/aromatic N) is 1. The Hall–Kier alpha value is -2.56. The van der Waals surface area contributed by atoms with Gasteiger partial charge in [0, 0.05) is 24.3 Å². The highest BCUT2D eigenvalue weighted by molar-refractivity contribution is 6.05. The standard InChI is InChI=1S/C18H20N2O3/c1-12(2)10-17(21)19-14-5-6-15-13(11-14)7-8-20(15)18(22)16-4-3-9-23-16/h3-6,9,11-12H,7-8,10H2,1-2H3,(H,19,21). The molecule has 5 heteroatoms. The smallest absolute Gasteiger partial charge is 0.293 e. The lowest BCUT2D eigenvalue weighted by atomic mass is 10.1. The van der Waals surface area contributed by atoms with E-state index in [4.69, 9.17) is 4.42 Å². The summed E-state index contributed by atoms with van der Waals surface area (Å²) in [4.78, 5) is 26.0. The molecule has 0 unspecified atom stereocenters. The van der Waals surface area contributed by atoms with Crippen LogP contribution in [-0.4, -0.2) is 18.4 Å². The molecule has 23 heavy (non-hydrogen) atoms. The first kappa shape index (κ1) is 15.3. The third kappa shape index (κ3) is 3.28. The summed E-state index contributed by atoms with van der Waals surface area (Å²) >= 11 is 0. The summed E-state index contributed by atoms with van der Waals surface area (Å²) in [5, 5.41) is 2.91. The Kier molecular flexibility index (Phi) is 4.19. The zero-order valence-electron chi connectivity index (χ0n) is 13.3. The predicted molar refractivity (Wildman–Crippen MR) is 88.6 cm³/mol. The number of hydrogen-bond donors (Lipinski definition) is 1. The van der Waals surface area contributed by atoms with E-state index in [0.29, 0.717) is 24.6 Å². The number of hydrogen-bond acceptors (Lipinski definition) is 3. The van der Waals surface area contributed by atoms with Crippen LogP contribution in [0.2, 0.25) is 0 Å². The van der Waals surface area contributed by atoms with E-state index in [9.17, 15) is 9.59 Å². The number of fused-ring (bicyclic) bond motifs is 1. The van der Waals surface area contributed by atoms with Crippen molar-refractivity contribution in [2.24, 2.45) is 5.92 Å². The van der Waals surface area contributed by atoms with Crippen LogP contribution in [-0.2, 0) is 11.2 Å². The van der Waals surface area contributed by atoms with Gasteiger partial charge in [0.2, 0.25) is 5.91 Å². The summed E-state index contributed by atoms with van der Waals surface area (Å²) in [7, 11) is 0. The molecule has 2 heterocycles. The van der Waals surface area contributed by atoms with E-state index in [1.807, 2.05) is 32.0 Å². The average molecular weight is 312 g/mol. The number of nitrogens with one attached hydrogen (secondary N) is 1. The zero-order valence-corrected chi connectivity index (χ0v) is 13.3. The highest BCUT2D eigenvalue weighted by Gasteiger charge is 2.27. The van der Waals surface area contributed by atoms with Gasteiger partial charge in [-0.25, -0.2) is 0 Å². The molecule has 0 atom stereocenters. The summed E-state index contributed by atoms with van der Waals surface area (Å²) in [5.41, 5.74) is 2.72. The third-order valence-corrected chi connectivity index (χ3v) is 3.83. The predicted octanol–water partition coefficient (Wildman–Crippen LogP) is 3.47. The molecule has 0 fully saturated rings. The van der Waals surface area contributed by atoms with Crippen LogP contribution in [0.3, 0.4) is 0 Å². The van der Waals surface area contributed by atoms with Crippen molar-refractivity contribution in [3.05, 3.63) is 47.9 Å². The van der Waals surface area contributed by atoms with Crippen molar-refractivity contribution in [1.29, 1.82) is 0 Å². The maximum atomic E-state index is 12.4. The lowest BCUT2D eigenvalue weighted by Gasteiger charge is -2.16. The minimum Gasteiger partial charge on any atom is -0.459 e. The number of benzene rings is 1. The van der Waals surface area contributed by atoms with Gasteiger partial charge < -0.3 is 14.6 Å². The molecule has 5 nitrogen and oxygen atoms in total. The van der Waals surface area contributed by atoms with E-state index in [1.54, 1.807) is 17.0 Å². The molecule has 0 saturated heterocycles. The molecular weight excluding hydrogens is 292 g/mol. The number of furan rings is 1. The molecule has 0 radical (unpaired) electrons. The highest BCUT2D eigenvalue weighted by atomic mass is 16.3. The Morgan fingerprint density at radius 2 is 2.13 bits per heavy atom. The van der Waals surface area contributed by atoms with E-state index in [1.165, 1.54) is 6.26 Å². The van der Waals surface area contributed by atoms with Crippen molar-refractivity contribution in [1.82, 2.24) is 0 Å². The second kappa shape index (κ2) is 6.28. The molecule has 0 aliphatic carbocycles. The average Bonchev–Trinajstić information content (AvgIpc) is 3.15. The SMILES string of the molecule is CC(C)CC(=O)Nc1ccc2c(c1)CCN2C(=O)c1ccco1. The molecule has 3 rings (SSSR count). The van der Waals surface area contributed by atoms with Gasteiger partial charge in [0.25, 0.3) is 5.91 Å². The first-order valence-corrected chi connectivity index (χ1v) is 7.82. The summed E-state index contributed by atoms with van der Waals surface area (Å²) < 4.78 is 5.19. The Labute approximate surface area is 135 Å². The van der Waals surface area contributed by atoms with Crippen molar-refractivity contribution in [3.8, 4) is 0 Å². The van der Waals surface area contributed by atoms with Crippen LogP contribution in [0.5, 0.6) is 0 Å². The number of amides is 2. The molecule has 1 aromatic carbocycles. The molecular formula is C18H20N2O3. The molecule has 0 spiro atoms. The van der Waals surface area contributed by atoms with Crippen molar-refractivity contribution in [2.75, 3.05) is 16.8 Å². The van der Waals surface area contributed by atoms with Gasteiger partial charge in [-0.15, -0.1) is 0 Å². The van der Waals surface area contributed by atoms with Crippen LogP contribution in [0, 0.1) is 5.92 Å². The summed E-state index contributed by atoms with van der Waals surface area (Å²) in [6.45, 7) is 4.65. The fourth-order valence-electron chi connectivity index (χ4n) is 2.81. The van der Waals surface area contributed by atoms with Gasteiger partial charge in [0.15, 0.2) is 5.76 Å². The molecule has 0 bridgehead atoms. The van der Waals surface area contributed by atoms with Crippen molar-refractivity contribution < 1.29 is 14.0 Å². The Morgan fingerprint density at radius 3 is 2.83 bits per heavy atom. The van der Waals surface area contributed by atoms with Crippen LogP contribution in [0.25, 0.3) is 0 Å². The number of carbonyl (C=O) groups is 2. The second-order valence-electron chi connectivity index (χ2n) is 6.17. The summed E-state index contributed by atoms with van der Waals surface area (Å²) in [6, 6.07) is 9.04. The fourth-order valence-corrected chi connectivity index (χ4v) is 2.81. The van der Waals surface area contributed by atoms with Gasteiger partial charge in [0.1, 0.15) is 0 Å². The zero-order chi connectivity index (χ0) is 16.4. The normalized spacial score (nSPS) is 13.3. The Morgan fingerprint density at radius 1 is 1.30 bits per heavy atom. The van der Waals surface area contributed by atoms with Crippen molar-refractivity contribution in [3.63, 3.8) is 0 Å². The second-order valence-corrected chi connectivity index (χ2v) is 6.17. The Bertz CT molecular complexity index is 720. The highest BCUT2D eigenvalue weighted by Crippen LogP contribution is 2.31. The molecule has 1 aliphatic heterocycles. The number of anilines is 2. The van der Waals surface area contributed by atoms with Gasteiger partial charge in [-0.3, -0.25) is 9.59 Å². The third-order valence-electron chi connectivity index (χ3n) is 3.83.